The maximum Gasteiger partial charge on any atom is 0.312 e. The van der Waals surface area contributed by atoms with Crippen molar-refractivity contribution in [1.29, 1.82) is 0 Å². The number of carbonyl (C=O) groups is 1. The van der Waals surface area contributed by atoms with Crippen molar-refractivity contribution >= 4 is 5.97 Å². The number of rotatable bonds is 3. The highest BCUT2D eigenvalue weighted by atomic mass is 16.5. The second-order valence-electron chi connectivity index (χ2n) is 3.33. The van der Waals surface area contributed by atoms with E-state index < -0.39 is 0 Å². The van der Waals surface area contributed by atoms with Crippen molar-refractivity contribution in [2.45, 2.75) is 19.8 Å². The van der Waals surface area contributed by atoms with Gasteiger partial charge in [-0.1, -0.05) is 24.8 Å². The van der Waals surface area contributed by atoms with Crippen molar-refractivity contribution in [1.82, 2.24) is 0 Å². The molecular formula is C10H14O2. The zero-order valence-corrected chi connectivity index (χ0v) is 7.38. The average Bonchev–Trinajstić information content (AvgIpc) is 2.49. The molecule has 0 aromatic rings. The van der Waals surface area contributed by atoms with Crippen molar-refractivity contribution in [2.75, 3.05) is 6.61 Å². The first kappa shape index (κ1) is 9.04. The van der Waals surface area contributed by atoms with Gasteiger partial charge in [0.15, 0.2) is 0 Å². The third-order valence-electron chi connectivity index (χ3n) is 2.13. The Kier molecular flexibility index (Phi) is 2.69. The summed E-state index contributed by atoms with van der Waals surface area (Å²) in [5.41, 5.74) is -0.316. The number of ether oxygens (including phenoxy) is 1. The lowest BCUT2D eigenvalue weighted by molar-refractivity contribution is -0.152. The minimum absolute atomic E-state index is 0.118. The quantitative estimate of drug-likeness (QED) is 0.474. The Labute approximate surface area is 72.9 Å². The summed E-state index contributed by atoms with van der Waals surface area (Å²) in [6.07, 6.45) is 7.22. The highest BCUT2D eigenvalue weighted by molar-refractivity contribution is 5.77. The Morgan fingerprint density at radius 2 is 2.25 bits per heavy atom. The lowest BCUT2D eigenvalue weighted by atomic mass is 9.88. The average molecular weight is 166 g/mol. The molecular weight excluding hydrogens is 152 g/mol. The first-order valence-corrected chi connectivity index (χ1v) is 4.12. The summed E-state index contributed by atoms with van der Waals surface area (Å²) in [4.78, 5) is 11.4. The highest BCUT2D eigenvalue weighted by Crippen LogP contribution is 2.33. The summed E-state index contributed by atoms with van der Waals surface area (Å²) in [6, 6.07) is 0. The predicted molar refractivity (Wildman–Crippen MR) is 47.6 cm³/mol. The third-order valence-corrected chi connectivity index (χ3v) is 2.13. The van der Waals surface area contributed by atoms with Crippen LogP contribution >= 0.6 is 0 Å². The second kappa shape index (κ2) is 3.57. The van der Waals surface area contributed by atoms with E-state index in [4.69, 9.17) is 4.74 Å². The number of hydrogen-bond donors (Lipinski definition) is 0. The fourth-order valence-corrected chi connectivity index (χ4v) is 1.25. The highest BCUT2D eigenvalue weighted by Gasteiger charge is 2.34. The van der Waals surface area contributed by atoms with Crippen LogP contribution in [-0.4, -0.2) is 12.6 Å². The van der Waals surface area contributed by atoms with E-state index in [0.717, 1.165) is 12.8 Å². The maximum absolute atomic E-state index is 11.4. The summed E-state index contributed by atoms with van der Waals surface area (Å²) >= 11 is 0. The van der Waals surface area contributed by atoms with Crippen LogP contribution in [0.2, 0.25) is 0 Å². The van der Waals surface area contributed by atoms with E-state index in [1.54, 1.807) is 6.08 Å². The van der Waals surface area contributed by atoms with Gasteiger partial charge >= 0.3 is 5.97 Å². The van der Waals surface area contributed by atoms with Crippen molar-refractivity contribution in [3.8, 4) is 0 Å². The Balaban J connectivity index is 2.45. The van der Waals surface area contributed by atoms with Crippen LogP contribution in [0, 0.1) is 5.41 Å². The largest absolute Gasteiger partial charge is 0.461 e. The number of esters is 1. The van der Waals surface area contributed by atoms with E-state index in [1.165, 1.54) is 0 Å². The normalized spacial score (nSPS) is 19.1. The fraction of sp³-hybridized carbons (Fsp3) is 0.500. The van der Waals surface area contributed by atoms with Crippen molar-refractivity contribution in [3.05, 3.63) is 24.8 Å². The van der Waals surface area contributed by atoms with Gasteiger partial charge in [-0.25, -0.2) is 0 Å². The molecule has 0 atom stereocenters. The van der Waals surface area contributed by atoms with Crippen LogP contribution in [0.25, 0.3) is 0 Å². The maximum atomic E-state index is 11.4. The molecule has 0 N–H and O–H groups in total. The Morgan fingerprint density at radius 1 is 1.67 bits per heavy atom. The molecule has 0 aliphatic heterocycles. The van der Waals surface area contributed by atoms with Crippen LogP contribution in [0.5, 0.6) is 0 Å². The lowest BCUT2D eigenvalue weighted by Crippen LogP contribution is -2.27. The van der Waals surface area contributed by atoms with E-state index in [-0.39, 0.29) is 11.4 Å². The number of hydrogen-bond acceptors (Lipinski definition) is 2. The lowest BCUT2D eigenvalue weighted by Gasteiger charge is -2.20. The minimum atomic E-state index is -0.316. The van der Waals surface area contributed by atoms with Crippen LogP contribution in [0.1, 0.15) is 19.8 Å². The topological polar surface area (TPSA) is 26.3 Å². The molecule has 0 fully saturated rings. The molecule has 2 nitrogen and oxygen atoms in total. The van der Waals surface area contributed by atoms with E-state index in [9.17, 15) is 4.79 Å². The van der Waals surface area contributed by atoms with E-state index in [0.29, 0.717) is 6.61 Å². The van der Waals surface area contributed by atoms with Crippen LogP contribution in [0.15, 0.2) is 24.8 Å². The van der Waals surface area contributed by atoms with Crippen LogP contribution < -0.4 is 0 Å². The molecule has 1 rings (SSSR count). The van der Waals surface area contributed by atoms with Crippen LogP contribution in [0.4, 0.5) is 0 Å². The van der Waals surface area contributed by atoms with Gasteiger partial charge in [-0.2, -0.15) is 0 Å². The Hall–Kier alpha value is -1.05. The van der Waals surface area contributed by atoms with Crippen molar-refractivity contribution in [2.24, 2.45) is 5.41 Å². The summed E-state index contributed by atoms with van der Waals surface area (Å²) < 4.78 is 4.98. The molecule has 0 amide bonds. The number of allylic oxidation sites excluding steroid dienone is 2. The van der Waals surface area contributed by atoms with Gasteiger partial charge in [0.25, 0.3) is 0 Å². The van der Waals surface area contributed by atoms with Gasteiger partial charge in [0, 0.05) is 0 Å². The molecule has 1 aliphatic rings. The Morgan fingerprint density at radius 3 is 2.75 bits per heavy atom. The van der Waals surface area contributed by atoms with Gasteiger partial charge in [0.2, 0.25) is 0 Å². The molecule has 12 heavy (non-hydrogen) atoms. The molecule has 0 saturated carbocycles. The van der Waals surface area contributed by atoms with Gasteiger partial charge in [-0.05, 0) is 19.8 Å². The van der Waals surface area contributed by atoms with Gasteiger partial charge in [0.05, 0.1) is 5.41 Å². The summed E-state index contributed by atoms with van der Waals surface area (Å²) in [5, 5.41) is 0. The molecule has 2 heteroatoms. The monoisotopic (exact) mass is 166 g/mol. The Bertz CT molecular complexity index is 208. The predicted octanol–water partition coefficient (Wildman–Crippen LogP) is 2.07. The zero-order valence-electron chi connectivity index (χ0n) is 7.38. The smallest absolute Gasteiger partial charge is 0.312 e. The van der Waals surface area contributed by atoms with Gasteiger partial charge in [0.1, 0.15) is 6.61 Å². The van der Waals surface area contributed by atoms with Gasteiger partial charge < -0.3 is 4.74 Å². The molecule has 0 unspecified atom stereocenters. The molecule has 0 spiro atoms. The first-order valence-electron chi connectivity index (χ1n) is 4.12. The first-order chi connectivity index (χ1) is 5.69. The van der Waals surface area contributed by atoms with Crippen molar-refractivity contribution < 1.29 is 9.53 Å². The van der Waals surface area contributed by atoms with Gasteiger partial charge in [-0.15, -0.1) is 0 Å². The second-order valence-corrected chi connectivity index (χ2v) is 3.33. The minimum Gasteiger partial charge on any atom is -0.461 e. The molecule has 66 valence electrons. The van der Waals surface area contributed by atoms with E-state index in [2.05, 4.69) is 6.58 Å². The molecule has 0 aromatic carbocycles. The third kappa shape index (κ3) is 1.76. The number of carbonyl (C=O) groups excluding carboxylic acids is 1. The van der Waals surface area contributed by atoms with Gasteiger partial charge in [-0.3, -0.25) is 4.79 Å². The molecule has 0 saturated heterocycles. The van der Waals surface area contributed by atoms with E-state index in [1.807, 2.05) is 19.1 Å². The summed E-state index contributed by atoms with van der Waals surface area (Å²) in [5.74, 6) is -0.118. The van der Waals surface area contributed by atoms with E-state index >= 15 is 0 Å². The van der Waals surface area contributed by atoms with Crippen molar-refractivity contribution in [3.63, 3.8) is 0 Å². The molecule has 0 heterocycles. The standard InChI is InChI=1S/C10H14O2/c1-3-8-12-9(11)10(2)6-4-5-7-10/h3-5H,1,6-8H2,2H3. The molecule has 0 bridgehead atoms. The SMILES string of the molecule is C=CCOC(=O)C1(C)CC=CC1. The molecule has 0 radical (unpaired) electrons. The summed E-state index contributed by atoms with van der Waals surface area (Å²) in [7, 11) is 0. The zero-order chi connectivity index (χ0) is 9.03. The van der Waals surface area contributed by atoms with Crippen LogP contribution in [-0.2, 0) is 9.53 Å². The summed E-state index contributed by atoms with van der Waals surface area (Å²) in [6.45, 7) is 5.73. The molecule has 0 aromatic heterocycles. The molecule has 1 aliphatic carbocycles. The van der Waals surface area contributed by atoms with Crippen LogP contribution in [0.3, 0.4) is 0 Å². The fourth-order valence-electron chi connectivity index (χ4n) is 1.25.